The fourth-order valence-corrected chi connectivity index (χ4v) is 4.86. The standard InChI is InChI=1S/C22H25N5O3S/c1-3-10-26-20(29)18-19(24-21(31-18)25-11-5-4-6-12-25)27(22(26)30)14-17(28)23-16-9-7-8-15(2)13-16/h3,7-9,13H,1,4-6,10-12,14H2,2H3,(H,23,28). The number of nitrogens with zero attached hydrogens (tertiary/aromatic N) is 4. The van der Waals surface area contributed by atoms with Crippen molar-refractivity contribution < 1.29 is 4.79 Å². The van der Waals surface area contributed by atoms with Gasteiger partial charge in [-0.1, -0.05) is 29.5 Å². The Hall–Kier alpha value is -3.20. The fraction of sp³-hybridized carbons (Fsp3) is 0.364. The molecule has 2 aromatic heterocycles. The normalized spacial score (nSPS) is 14.0. The molecule has 9 heteroatoms. The van der Waals surface area contributed by atoms with Gasteiger partial charge in [-0.15, -0.1) is 6.58 Å². The molecule has 3 aromatic rings. The molecule has 0 saturated carbocycles. The summed E-state index contributed by atoms with van der Waals surface area (Å²) in [6, 6.07) is 7.43. The van der Waals surface area contributed by atoms with E-state index in [1.54, 1.807) is 6.07 Å². The van der Waals surface area contributed by atoms with E-state index < -0.39 is 11.2 Å². The summed E-state index contributed by atoms with van der Waals surface area (Å²) in [5.74, 6) is -0.356. The van der Waals surface area contributed by atoms with Gasteiger partial charge in [0.1, 0.15) is 11.2 Å². The van der Waals surface area contributed by atoms with Crippen molar-refractivity contribution in [1.82, 2.24) is 14.1 Å². The number of fused-ring (bicyclic) bond motifs is 1. The van der Waals surface area contributed by atoms with Crippen molar-refractivity contribution in [3.63, 3.8) is 0 Å². The molecule has 0 atom stereocenters. The average molecular weight is 440 g/mol. The quantitative estimate of drug-likeness (QED) is 0.597. The van der Waals surface area contributed by atoms with Gasteiger partial charge in [-0.05, 0) is 43.9 Å². The molecule has 1 N–H and O–H groups in total. The van der Waals surface area contributed by atoms with E-state index in [9.17, 15) is 14.4 Å². The zero-order valence-corrected chi connectivity index (χ0v) is 18.3. The Bertz CT molecular complexity index is 1250. The number of allylic oxidation sites excluding steroid dienone is 1. The zero-order valence-electron chi connectivity index (χ0n) is 17.5. The molecule has 1 amide bonds. The minimum absolute atomic E-state index is 0.0735. The summed E-state index contributed by atoms with van der Waals surface area (Å²) in [4.78, 5) is 45.5. The highest BCUT2D eigenvalue weighted by atomic mass is 32.1. The average Bonchev–Trinajstić information content (AvgIpc) is 3.20. The van der Waals surface area contributed by atoms with Gasteiger partial charge >= 0.3 is 5.69 Å². The van der Waals surface area contributed by atoms with Crippen molar-refractivity contribution in [3.05, 3.63) is 63.3 Å². The molecule has 31 heavy (non-hydrogen) atoms. The second-order valence-corrected chi connectivity index (χ2v) is 8.67. The molecule has 1 aliphatic heterocycles. The molecule has 162 valence electrons. The van der Waals surface area contributed by atoms with E-state index in [-0.39, 0.29) is 24.6 Å². The summed E-state index contributed by atoms with van der Waals surface area (Å²) in [6.45, 7) is 7.17. The maximum absolute atomic E-state index is 13.1. The number of aryl methyl sites for hydroxylation is 1. The molecular formula is C22H25N5O3S. The molecule has 0 unspecified atom stereocenters. The molecular weight excluding hydrogens is 414 g/mol. The minimum atomic E-state index is -0.563. The van der Waals surface area contributed by atoms with Gasteiger partial charge in [-0.2, -0.15) is 0 Å². The van der Waals surface area contributed by atoms with Crippen LogP contribution in [0.15, 0.2) is 46.5 Å². The first-order valence-corrected chi connectivity index (χ1v) is 11.2. The molecule has 8 nitrogen and oxygen atoms in total. The second kappa shape index (κ2) is 8.89. The van der Waals surface area contributed by atoms with E-state index in [0.717, 1.165) is 41.2 Å². The summed E-state index contributed by atoms with van der Waals surface area (Å²) in [7, 11) is 0. The van der Waals surface area contributed by atoms with Gasteiger partial charge in [0.05, 0.1) is 0 Å². The van der Waals surface area contributed by atoms with Gasteiger partial charge in [0.2, 0.25) is 5.91 Å². The predicted octanol–water partition coefficient (Wildman–Crippen LogP) is 2.74. The van der Waals surface area contributed by atoms with E-state index >= 15 is 0 Å². The van der Waals surface area contributed by atoms with Crippen LogP contribution in [0, 0.1) is 6.92 Å². The predicted molar refractivity (Wildman–Crippen MR) is 124 cm³/mol. The molecule has 1 aliphatic rings. The molecule has 0 aliphatic carbocycles. The van der Waals surface area contributed by atoms with Crippen LogP contribution in [-0.4, -0.2) is 33.1 Å². The number of benzene rings is 1. The first kappa shape index (κ1) is 21.0. The Morgan fingerprint density at radius 3 is 2.71 bits per heavy atom. The number of aromatic nitrogens is 3. The first-order chi connectivity index (χ1) is 15.0. The highest BCUT2D eigenvalue weighted by Crippen LogP contribution is 2.28. The molecule has 3 heterocycles. The lowest BCUT2D eigenvalue weighted by molar-refractivity contribution is -0.116. The lowest BCUT2D eigenvalue weighted by Crippen LogP contribution is -2.41. The van der Waals surface area contributed by atoms with Gasteiger partial charge < -0.3 is 10.2 Å². The highest BCUT2D eigenvalue weighted by molar-refractivity contribution is 7.22. The van der Waals surface area contributed by atoms with Gasteiger partial charge in [0.15, 0.2) is 10.8 Å². The number of rotatable bonds is 6. The molecule has 4 rings (SSSR count). The summed E-state index contributed by atoms with van der Waals surface area (Å²) in [5.41, 5.74) is 0.979. The van der Waals surface area contributed by atoms with Crippen LogP contribution in [0.25, 0.3) is 10.3 Å². The van der Waals surface area contributed by atoms with Crippen LogP contribution in [-0.2, 0) is 17.9 Å². The third-order valence-corrected chi connectivity index (χ3v) is 6.39. The minimum Gasteiger partial charge on any atom is -0.348 e. The highest BCUT2D eigenvalue weighted by Gasteiger charge is 2.22. The van der Waals surface area contributed by atoms with Gasteiger partial charge in [-0.25, -0.2) is 9.78 Å². The van der Waals surface area contributed by atoms with Crippen LogP contribution in [0.4, 0.5) is 10.8 Å². The number of piperidine rings is 1. The molecule has 1 saturated heterocycles. The Labute approximate surface area is 183 Å². The maximum Gasteiger partial charge on any atom is 0.333 e. The van der Waals surface area contributed by atoms with E-state index in [2.05, 4.69) is 21.8 Å². The molecule has 1 aromatic carbocycles. The van der Waals surface area contributed by atoms with E-state index in [4.69, 9.17) is 0 Å². The Balaban J connectivity index is 1.75. The monoisotopic (exact) mass is 439 g/mol. The van der Waals surface area contributed by atoms with Crippen LogP contribution in [0.2, 0.25) is 0 Å². The van der Waals surface area contributed by atoms with Crippen molar-refractivity contribution in [1.29, 1.82) is 0 Å². The smallest absolute Gasteiger partial charge is 0.333 e. The number of hydrogen-bond donors (Lipinski definition) is 1. The number of hydrogen-bond acceptors (Lipinski definition) is 6. The zero-order chi connectivity index (χ0) is 22.0. The topological polar surface area (TPSA) is 89.2 Å². The summed E-state index contributed by atoms with van der Waals surface area (Å²) in [5, 5.41) is 3.54. The SMILES string of the molecule is C=CCn1c(=O)c2sc(N3CCCCC3)nc2n(CC(=O)Nc2cccc(C)c2)c1=O. The van der Waals surface area contributed by atoms with Crippen molar-refractivity contribution in [2.75, 3.05) is 23.3 Å². The fourth-order valence-electron chi connectivity index (χ4n) is 3.79. The lowest BCUT2D eigenvalue weighted by atomic mass is 10.1. The van der Waals surface area contributed by atoms with Crippen LogP contribution in [0.1, 0.15) is 24.8 Å². The van der Waals surface area contributed by atoms with Crippen molar-refractivity contribution in [2.45, 2.75) is 39.3 Å². The van der Waals surface area contributed by atoms with Crippen LogP contribution in [0.3, 0.4) is 0 Å². The molecule has 0 spiro atoms. The van der Waals surface area contributed by atoms with Gasteiger partial charge in [-0.3, -0.25) is 18.7 Å². The second-order valence-electron chi connectivity index (χ2n) is 7.69. The number of anilines is 2. The lowest BCUT2D eigenvalue weighted by Gasteiger charge is -2.25. The summed E-state index contributed by atoms with van der Waals surface area (Å²) >= 11 is 1.28. The Morgan fingerprint density at radius 1 is 1.23 bits per heavy atom. The van der Waals surface area contributed by atoms with Crippen molar-refractivity contribution in [2.24, 2.45) is 0 Å². The molecule has 1 fully saturated rings. The first-order valence-electron chi connectivity index (χ1n) is 10.3. The number of carbonyl (C=O) groups excluding carboxylic acids is 1. The number of nitrogens with one attached hydrogen (secondary N) is 1. The number of thiazole rings is 1. The van der Waals surface area contributed by atoms with Crippen molar-refractivity contribution >= 4 is 38.4 Å². The van der Waals surface area contributed by atoms with Crippen LogP contribution in [0.5, 0.6) is 0 Å². The summed E-state index contributed by atoms with van der Waals surface area (Å²) < 4.78 is 2.77. The number of carbonyl (C=O) groups is 1. The van der Waals surface area contributed by atoms with E-state index in [1.807, 2.05) is 25.1 Å². The third-order valence-electron chi connectivity index (χ3n) is 5.30. The van der Waals surface area contributed by atoms with Crippen LogP contribution < -0.4 is 21.5 Å². The molecule has 0 bridgehead atoms. The summed E-state index contributed by atoms with van der Waals surface area (Å²) in [6.07, 6.45) is 4.82. The number of amides is 1. The largest absolute Gasteiger partial charge is 0.348 e. The van der Waals surface area contributed by atoms with Gasteiger partial charge in [0, 0.05) is 25.3 Å². The van der Waals surface area contributed by atoms with Gasteiger partial charge in [0.25, 0.3) is 5.56 Å². The Morgan fingerprint density at radius 2 is 2.00 bits per heavy atom. The Kier molecular flexibility index (Phi) is 6.03. The van der Waals surface area contributed by atoms with E-state index in [1.165, 1.54) is 28.4 Å². The van der Waals surface area contributed by atoms with Crippen LogP contribution >= 0.6 is 11.3 Å². The van der Waals surface area contributed by atoms with Crippen molar-refractivity contribution in [3.8, 4) is 0 Å². The maximum atomic E-state index is 13.1. The molecule has 0 radical (unpaired) electrons. The van der Waals surface area contributed by atoms with E-state index in [0.29, 0.717) is 10.4 Å². The third kappa shape index (κ3) is 4.32.